The van der Waals surface area contributed by atoms with Gasteiger partial charge in [0.2, 0.25) is 0 Å². The number of halogens is 3. The molecular weight excluding hydrogens is 403 g/mol. The first-order valence-corrected chi connectivity index (χ1v) is 9.92. The number of benzene rings is 2. The molecule has 0 bridgehead atoms. The zero-order chi connectivity index (χ0) is 21.1. The third-order valence-corrected chi connectivity index (χ3v) is 5.43. The molecule has 3 aromatic rings. The number of terminal acetylenes is 1. The van der Waals surface area contributed by atoms with Crippen molar-refractivity contribution in [1.29, 1.82) is 0 Å². The van der Waals surface area contributed by atoms with Crippen molar-refractivity contribution in [2.24, 2.45) is 0 Å². The van der Waals surface area contributed by atoms with Crippen LogP contribution in [0.15, 0.2) is 59.5 Å². The Balaban J connectivity index is 1.92. The summed E-state index contributed by atoms with van der Waals surface area (Å²) in [5, 5.41) is 3.70. The summed E-state index contributed by atoms with van der Waals surface area (Å²) in [6.07, 6.45) is 0.651. The average molecular weight is 419 g/mol. The number of nitrogens with one attached hydrogen (secondary N) is 2. The van der Waals surface area contributed by atoms with Crippen molar-refractivity contribution in [3.05, 3.63) is 65.9 Å². The highest BCUT2D eigenvalue weighted by Gasteiger charge is 2.30. The molecule has 0 unspecified atom stereocenters. The molecule has 9 heteroatoms. The number of alkyl halides is 3. The standard InChI is InChI=1S/C20H16F3N3O2S/c1-2-12-24-13-16-9-6-14-4-3-5-18(19(14)25-16)26-29(27,28)17-10-7-15(8-11-17)20(21,22)23/h1,3-11,24,26H,12-13H2. The molecule has 0 spiro atoms. The fraction of sp³-hybridized carbons (Fsp3) is 0.150. The van der Waals surface area contributed by atoms with E-state index in [0.717, 1.165) is 24.3 Å². The second kappa shape index (κ2) is 8.11. The van der Waals surface area contributed by atoms with Gasteiger partial charge in [0.15, 0.2) is 0 Å². The number of rotatable bonds is 6. The van der Waals surface area contributed by atoms with E-state index in [9.17, 15) is 21.6 Å². The van der Waals surface area contributed by atoms with Gasteiger partial charge in [-0.15, -0.1) is 6.42 Å². The third kappa shape index (κ3) is 4.85. The number of pyridine rings is 1. The molecule has 0 aliphatic heterocycles. The summed E-state index contributed by atoms with van der Waals surface area (Å²) >= 11 is 0. The Morgan fingerprint density at radius 3 is 2.41 bits per heavy atom. The van der Waals surface area contributed by atoms with Crippen molar-refractivity contribution >= 4 is 26.6 Å². The van der Waals surface area contributed by atoms with Crippen LogP contribution in [0.4, 0.5) is 18.9 Å². The van der Waals surface area contributed by atoms with Crippen LogP contribution in [-0.4, -0.2) is 19.9 Å². The summed E-state index contributed by atoms with van der Waals surface area (Å²) in [7, 11) is -4.10. The van der Waals surface area contributed by atoms with Crippen LogP contribution in [0.25, 0.3) is 10.9 Å². The van der Waals surface area contributed by atoms with Gasteiger partial charge in [0.25, 0.3) is 10.0 Å². The second-order valence-corrected chi connectivity index (χ2v) is 7.80. The normalized spacial score (nSPS) is 11.9. The highest BCUT2D eigenvalue weighted by molar-refractivity contribution is 7.92. The Morgan fingerprint density at radius 1 is 1.03 bits per heavy atom. The first-order valence-electron chi connectivity index (χ1n) is 8.43. The Hall–Kier alpha value is -3.09. The van der Waals surface area contributed by atoms with Gasteiger partial charge in [0.05, 0.1) is 33.9 Å². The molecule has 0 atom stereocenters. The number of aromatic nitrogens is 1. The highest BCUT2D eigenvalue weighted by atomic mass is 32.2. The van der Waals surface area contributed by atoms with Crippen LogP contribution in [-0.2, 0) is 22.7 Å². The maximum atomic E-state index is 12.7. The van der Waals surface area contributed by atoms with Crippen molar-refractivity contribution in [3.63, 3.8) is 0 Å². The molecule has 29 heavy (non-hydrogen) atoms. The van der Waals surface area contributed by atoms with Gasteiger partial charge in [-0.3, -0.25) is 4.72 Å². The monoisotopic (exact) mass is 419 g/mol. The SMILES string of the molecule is C#CCNCc1ccc2cccc(NS(=O)(=O)c3ccc(C(F)(F)F)cc3)c2n1. The first kappa shape index (κ1) is 20.6. The molecule has 0 aliphatic carbocycles. The van der Waals surface area contributed by atoms with Crippen LogP contribution in [0.3, 0.4) is 0 Å². The number of anilines is 1. The van der Waals surface area contributed by atoms with E-state index in [1.165, 1.54) is 6.07 Å². The zero-order valence-corrected chi connectivity index (χ0v) is 15.8. The maximum absolute atomic E-state index is 12.7. The van der Waals surface area contributed by atoms with Gasteiger partial charge in [-0.2, -0.15) is 13.2 Å². The predicted molar refractivity (Wildman–Crippen MR) is 105 cm³/mol. The van der Waals surface area contributed by atoms with E-state index >= 15 is 0 Å². The minimum absolute atomic E-state index is 0.223. The van der Waals surface area contributed by atoms with E-state index in [4.69, 9.17) is 6.42 Å². The number of para-hydroxylation sites is 1. The fourth-order valence-electron chi connectivity index (χ4n) is 2.66. The van der Waals surface area contributed by atoms with Gasteiger partial charge >= 0.3 is 6.18 Å². The minimum atomic E-state index is -4.54. The lowest BCUT2D eigenvalue weighted by Gasteiger charge is -2.12. The maximum Gasteiger partial charge on any atom is 0.416 e. The highest BCUT2D eigenvalue weighted by Crippen LogP contribution is 2.30. The van der Waals surface area contributed by atoms with Gasteiger partial charge < -0.3 is 5.32 Å². The van der Waals surface area contributed by atoms with E-state index in [1.807, 2.05) is 0 Å². The van der Waals surface area contributed by atoms with Crippen molar-refractivity contribution in [2.45, 2.75) is 17.6 Å². The van der Waals surface area contributed by atoms with Crippen molar-refractivity contribution in [2.75, 3.05) is 11.3 Å². The Labute approximate surface area is 166 Å². The average Bonchev–Trinajstić information content (AvgIpc) is 2.68. The van der Waals surface area contributed by atoms with Crippen molar-refractivity contribution < 1.29 is 21.6 Å². The molecule has 0 saturated carbocycles. The summed E-state index contributed by atoms with van der Waals surface area (Å²) in [4.78, 5) is 4.18. The smallest absolute Gasteiger partial charge is 0.301 e. The van der Waals surface area contributed by atoms with Crippen LogP contribution in [0.2, 0.25) is 0 Å². The molecule has 0 amide bonds. The molecular formula is C20H16F3N3O2S. The number of hydrogen-bond donors (Lipinski definition) is 2. The molecule has 5 nitrogen and oxygen atoms in total. The van der Waals surface area contributed by atoms with Crippen LogP contribution in [0.5, 0.6) is 0 Å². The Bertz CT molecular complexity index is 1170. The Kier molecular flexibility index (Phi) is 5.77. The van der Waals surface area contributed by atoms with Crippen LogP contribution < -0.4 is 10.0 Å². The topological polar surface area (TPSA) is 71.1 Å². The van der Waals surface area contributed by atoms with Gasteiger partial charge in [0.1, 0.15) is 0 Å². The summed E-state index contributed by atoms with van der Waals surface area (Å²) < 4.78 is 65.8. The molecule has 0 fully saturated rings. The predicted octanol–water partition coefficient (Wildman–Crippen LogP) is 3.78. The number of nitrogens with zero attached hydrogens (tertiary/aromatic N) is 1. The van der Waals surface area contributed by atoms with Crippen LogP contribution in [0, 0.1) is 12.3 Å². The summed E-state index contributed by atoms with van der Waals surface area (Å²) in [5.41, 5.74) is 0.380. The van der Waals surface area contributed by atoms with E-state index in [-0.39, 0.29) is 10.6 Å². The lowest BCUT2D eigenvalue weighted by atomic mass is 10.2. The number of hydrogen-bond acceptors (Lipinski definition) is 4. The molecule has 2 aromatic carbocycles. The zero-order valence-electron chi connectivity index (χ0n) is 15.0. The number of sulfonamides is 1. The van der Waals surface area contributed by atoms with Crippen LogP contribution >= 0.6 is 0 Å². The number of fused-ring (bicyclic) bond motifs is 1. The molecule has 3 rings (SSSR count). The van der Waals surface area contributed by atoms with E-state index in [0.29, 0.717) is 29.7 Å². The van der Waals surface area contributed by atoms with Crippen LogP contribution in [0.1, 0.15) is 11.3 Å². The van der Waals surface area contributed by atoms with E-state index in [1.54, 1.807) is 24.3 Å². The first-order chi connectivity index (χ1) is 13.7. The summed E-state index contributed by atoms with van der Waals surface area (Å²) in [5.74, 6) is 2.45. The second-order valence-electron chi connectivity index (χ2n) is 6.12. The molecule has 1 heterocycles. The van der Waals surface area contributed by atoms with Gasteiger partial charge in [-0.05, 0) is 36.4 Å². The molecule has 2 N–H and O–H groups in total. The fourth-order valence-corrected chi connectivity index (χ4v) is 3.72. The molecule has 1 aromatic heterocycles. The van der Waals surface area contributed by atoms with E-state index in [2.05, 4.69) is 20.9 Å². The van der Waals surface area contributed by atoms with Crippen molar-refractivity contribution in [1.82, 2.24) is 10.3 Å². The summed E-state index contributed by atoms with van der Waals surface area (Å²) in [6, 6.07) is 11.8. The lowest BCUT2D eigenvalue weighted by Crippen LogP contribution is -2.15. The molecule has 150 valence electrons. The molecule has 0 saturated heterocycles. The molecule has 0 radical (unpaired) electrons. The minimum Gasteiger partial charge on any atom is -0.301 e. The van der Waals surface area contributed by atoms with Gasteiger partial charge in [0, 0.05) is 11.9 Å². The molecule has 0 aliphatic rings. The quantitative estimate of drug-likeness (QED) is 0.471. The Morgan fingerprint density at radius 2 is 1.76 bits per heavy atom. The van der Waals surface area contributed by atoms with E-state index < -0.39 is 21.8 Å². The largest absolute Gasteiger partial charge is 0.416 e. The van der Waals surface area contributed by atoms with Gasteiger partial charge in [-0.1, -0.05) is 24.1 Å². The third-order valence-electron chi connectivity index (χ3n) is 4.05. The van der Waals surface area contributed by atoms with Gasteiger partial charge in [-0.25, -0.2) is 13.4 Å². The summed E-state index contributed by atoms with van der Waals surface area (Å²) in [6.45, 7) is 0.766. The lowest BCUT2D eigenvalue weighted by molar-refractivity contribution is -0.137. The van der Waals surface area contributed by atoms with Crippen molar-refractivity contribution in [3.8, 4) is 12.3 Å².